The molecule has 0 atom stereocenters. The summed E-state index contributed by atoms with van der Waals surface area (Å²) in [4.78, 5) is 23.5. The van der Waals surface area contributed by atoms with E-state index in [4.69, 9.17) is 9.47 Å². The third kappa shape index (κ3) is 4.97. The average Bonchev–Trinajstić information content (AvgIpc) is 2.98. The van der Waals surface area contributed by atoms with Gasteiger partial charge in [0.1, 0.15) is 5.75 Å². The highest BCUT2D eigenvalue weighted by molar-refractivity contribution is 5.94. The van der Waals surface area contributed by atoms with Crippen molar-refractivity contribution in [2.24, 2.45) is 0 Å². The second-order valence-corrected chi connectivity index (χ2v) is 5.59. The van der Waals surface area contributed by atoms with Gasteiger partial charge in [-0.2, -0.15) is 0 Å². The second kappa shape index (κ2) is 7.95. The quantitative estimate of drug-likeness (QED) is 0.602. The number of ether oxygens (including phenoxy) is 4. The zero-order valence-electron chi connectivity index (χ0n) is 14.6. The number of nitrogens with one attached hydrogen (secondary N) is 1. The molecule has 0 saturated heterocycles. The van der Waals surface area contributed by atoms with Crippen LogP contribution in [0.1, 0.15) is 5.56 Å². The molecule has 28 heavy (non-hydrogen) atoms. The molecule has 0 radical (unpaired) electrons. The molecular formula is C19H15F2NO6. The number of carbonyl (C=O) groups excluding carboxylic acids is 2. The highest BCUT2D eigenvalue weighted by atomic mass is 19.3. The number of alkyl halides is 2. The number of hydrogen-bond acceptors (Lipinski definition) is 6. The van der Waals surface area contributed by atoms with Crippen LogP contribution in [0.5, 0.6) is 17.2 Å². The summed E-state index contributed by atoms with van der Waals surface area (Å²) in [6, 6.07) is 10.7. The summed E-state index contributed by atoms with van der Waals surface area (Å²) in [6.07, 6.45) is -1.04. The van der Waals surface area contributed by atoms with Crippen LogP contribution in [0.4, 0.5) is 14.5 Å². The molecule has 0 aromatic heterocycles. The van der Waals surface area contributed by atoms with E-state index in [0.29, 0.717) is 5.75 Å². The Hall–Kier alpha value is -3.62. The topological polar surface area (TPSA) is 83.1 Å². The zero-order valence-corrected chi connectivity index (χ0v) is 14.6. The molecular weight excluding hydrogens is 376 g/mol. The highest BCUT2D eigenvalue weighted by Crippen LogP contribution is 2.42. The van der Waals surface area contributed by atoms with E-state index in [1.165, 1.54) is 30.4 Å². The maximum atomic E-state index is 13.0. The van der Waals surface area contributed by atoms with Gasteiger partial charge in [-0.3, -0.25) is 4.79 Å². The number of halogens is 2. The van der Waals surface area contributed by atoms with Crippen molar-refractivity contribution in [3.8, 4) is 17.2 Å². The molecule has 2 aromatic carbocycles. The lowest BCUT2D eigenvalue weighted by molar-refractivity contribution is -0.286. The van der Waals surface area contributed by atoms with Crippen molar-refractivity contribution in [3.05, 3.63) is 54.1 Å². The second-order valence-electron chi connectivity index (χ2n) is 5.59. The number of anilines is 1. The van der Waals surface area contributed by atoms with Gasteiger partial charge in [0, 0.05) is 17.8 Å². The van der Waals surface area contributed by atoms with E-state index >= 15 is 0 Å². The molecule has 0 saturated carbocycles. The summed E-state index contributed by atoms with van der Waals surface area (Å²) < 4.78 is 44.4. The summed E-state index contributed by atoms with van der Waals surface area (Å²) in [5.41, 5.74) is 0.939. The fourth-order valence-corrected chi connectivity index (χ4v) is 2.29. The first-order chi connectivity index (χ1) is 13.3. The van der Waals surface area contributed by atoms with E-state index in [0.717, 1.165) is 5.56 Å². The molecule has 1 N–H and O–H groups in total. The Kier molecular flexibility index (Phi) is 5.44. The van der Waals surface area contributed by atoms with Crippen molar-refractivity contribution in [2.45, 2.75) is 6.29 Å². The van der Waals surface area contributed by atoms with Gasteiger partial charge in [0.05, 0.1) is 7.11 Å². The highest BCUT2D eigenvalue weighted by Gasteiger charge is 2.43. The Bertz CT molecular complexity index is 911. The third-order valence-corrected chi connectivity index (χ3v) is 3.56. The SMILES string of the molecule is COc1ccc(/C=C/C(=O)OCC(=O)Nc2ccc3c(c2)OC(F)(F)O3)cc1. The Labute approximate surface area is 158 Å². The van der Waals surface area contributed by atoms with E-state index in [9.17, 15) is 18.4 Å². The smallest absolute Gasteiger partial charge is 0.497 e. The van der Waals surface area contributed by atoms with Crippen molar-refractivity contribution in [1.29, 1.82) is 0 Å². The van der Waals surface area contributed by atoms with Crippen LogP contribution in [0.25, 0.3) is 6.08 Å². The van der Waals surface area contributed by atoms with Gasteiger partial charge in [0.25, 0.3) is 5.91 Å². The summed E-state index contributed by atoms with van der Waals surface area (Å²) in [5.74, 6) is -1.02. The van der Waals surface area contributed by atoms with Crippen LogP contribution in [0.15, 0.2) is 48.5 Å². The van der Waals surface area contributed by atoms with Crippen LogP contribution in [0.3, 0.4) is 0 Å². The van der Waals surface area contributed by atoms with Crippen LogP contribution in [-0.2, 0) is 14.3 Å². The minimum Gasteiger partial charge on any atom is -0.497 e. The van der Waals surface area contributed by atoms with E-state index in [2.05, 4.69) is 14.8 Å². The van der Waals surface area contributed by atoms with E-state index in [1.807, 2.05) is 0 Å². The summed E-state index contributed by atoms with van der Waals surface area (Å²) in [6.45, 7) is -0.545. The third-order valence-electron chi connectivity index (χ3n) is 3.56. The number of rotatable bonds is 6. The molecule has 1 aliphatic rings. The van der Waals surface area contributed by atoms with Gasteiger partial charge in [-0.05, 0) is 35.9 Å². The largest absolute Gasteiger partial charge is 0.586 e. The van der Waals surface area contributed by atoms with E-state index in [-0.39, 0.29) is 17.2 Å². The van der Waals surface area contributed by atoms with Crippen molar-refractivity contribution in [2.75, 3.05) is 19.0 Å². The van der Waals surface area contributed by atoms with Gasteiger partial charge in [0.2, 0.25) is 0 Å². The van der Waals surface area contributed by atoms with Gasteiger partial charge < -0.3 is 24.3 Å². The normalized spacial score (nSPS) is 14.0. The Balaban J connectivity index is 1.48. The molecule has 0 bridgehead atoms. The number of hydrogen-bond donors (Lipinski definition) is 1. The molecule has 2 aromatic rings. The van der Waals surface area contributed by atoms with E-state index in [1.54, 1.807) is 31.4 Å². The summed E-state index contributed by atoms with van der Waals surface area (Å²) >= 11 is 0. The molecule has 3 rings (SSSR count). The molecule has 0 aliphatic carbocycles. The molecule has 0 fully saturated rings. The first-order valence-electron chi connectivity index (χ1n) is 8.03. The van der Waals surface area contributed by atoms with Crippen LogP contribution >= 0.6 is 0 Å². The number of methoxy groups -OCH3 is 1. The van der Waals surface area contributed by atoms with Gasteiger partial charge in [-0.25, -0.2) is 4.79 Å². The molecule has 0 unspecified atom stereocenters. The van der Waals surface area contributed by atoms with Crippen LogP contribution < -0.4 is 19.5 Å². The van der Waals surface area contributed by atoms with Gasteiger partial charge in [0.15, 0.2) is 18.1 Å². The lowest BCUT2D eigenvalue weighted by atomic mass is 10.2. The molecule has 146 valence electrons. The van der Waals surface area contributed by atoms with Crippen molar-refractivity contribution in [1.82, 2.24) is 0 Å². The van der Waals surface area contributed by atoms with Crippen molar-refractivity contribution in [3.63, 3.8) is 0 Å². The van der Waals surface area contributed by atoms with Crippen LogP contribution in [0.2, 0.25) is 0 Å². The number of carbonyl (C=O) groups is 2. The fraction of sp³-hybridized carbons (Fsp3) is 0.158. The minimum atomic E-state index is -3.74. The van der Waals surface area contributed by atoms with Crippen LogP contribution in [-0.4, -0.2) is 31.9 Å². The minimum absolute atomic E-state index is 0.141. The lowest BCUT2D eigenvalue weighted by Crippen LogP contribution is -2.25. The molecule has 1 amide bonds. The Morgan fingerprint density at radius 3 is 2.54 bits per heavy atom. The molecule has 1 aliphatic heterocycles. The van der Waals surface area contributed by atoms with Crippen LogP contribution in [0, 0.1) is 0 Å². The standard InChI is InChI=1S/C19H15F2NO6/c1-25-14-6-2-12(3-7-14)4-9-18(24)26-11-17(23)22-13-5-8-15-16(10-13)28-19(20,21)27-15/h2-10H,11H2,1H3,(H,22,23)/b9-4+. The number of benzene rings is 2. The first-order valence-corrected chi connectivity index (χ1v) is 8.03. The zero-order chi connectivity index (χ0) is 20.1. The lowest BCUT2D eigenvalue weighted by Gasteiger charge is -2.06. The molecule has 1 heterocycles. The van der Waals surface area contributed by atoms with Gasteiger partial charge >= 0.3 is 12.3 Å². The van der Waals surface area contributed by atoms with Crippen molar-refractivity contribution < 1.29 is 37.3 Å². The average molecular weight is 391 g/mol. The number of esters is 1. The first kappa shape index (κ1) is 19.2. The molecule has 0 spiro atoms. The molecule has 7 nitrogen and oxygen atoms in total. The monoisotopic (exact) mass is 391 g/mol. The summed E-state index contributed by atoms with van der Waals surface area (Å²) in [5, 5.41) is 2.41. The molecule has 9 heteroatoms. The summed E-state index contributed by atoms with van der Waals surface area (Å²) in [7, 11) is 1.55. The Morgan fingerprint density at radius 1 is 1.11 bits per heavy atom. The van der Waals surface area contributed by atoms with E-state index < -0.39 is 24.8 Å². The maximum absolute atomic E-state index is 13.0. The number of amides is 1. The number of fused-ring (bicyclic) bond motifs is 1. The Morgan fingerprint density at radius 2 is 1.82 bits per heavy atom. The predicted molar refractivity (Wildman–Crippen MR) is 94.3 cm³/mol. The maximum Gasteiger partial charge on any atom is 0.586 e. The predicted octanol–water partition coefficient (Wildman–Crippen LogP) is 3.21. The van der Waals surface area contributed by atoms with Crippen molar-refractivity contribution >= 4 is 23.6 Å². The van der Waals surface area contributed by atoms with Gasteiger partial charge in [-0.15, -0.1) is 8.78 Å². The fourth-order valence-electron chi connectivity index (χ4n) is 2.29. The van der Waals surface area contributed by atoms with Gasteiger partial charge in [-0.1, -0.05) is 12.1 Å².